The molecule has 3 aliphatic rings. The predicted octanol–water partition coefficient (Wildman–Crippen LogP) is 1.31. The third kappa shape index (κ3) is 1.92. The lowest BCUT2D eigenvalue weighted by Crippen LogP contribution is -2.45. The normalized spacial score (nSPS) is 24.9. The van der Waals surface area contributed by atoms with Crippen LogP contribution in [-0.4, -0.2) is 42.1 Å². The fraction of sp³-hybridized carbons (Fsp3) is 0.714. The van der Waals surface area contributed by atoms with Gasteiger partial charge in [0, 0.05) is 37.2 Å². The van der Waals surface area contributed by atoms with Crippen LogP contribution in [0.2, 0.25) is 0 Å². The van der Waals surface area contributed by atoms with Gasteiger partial charge in [-0.1, -0.05) is 0 Å². The number of hydrogen-bond acceptors (Lipinski definition) is 5. The number of fused-ring (bicyclic) bond motifs is 1. The van der Waals surface area contributed by atoms with Crippen molar-refractivity contribution in [1.82, 2.24) is 9.97 Å². The molecule has 2 aliphatic heterocycles. The fourth-order valence-corrected chi connectivity index (χ4v) is 3.46. The standard InChI is InChI=1S/C14H19N3O2/c1-2-11-12(3-1)15-10-16-13(11)17-6-4-14(5-7-17)18-8-9-19-14/h10H,1-9H2. The van der Waals surface area contributed by atoms with E-state index >= 15 is 0 Å². The number of anilines is 1. The molecule has 19 heavy (non-hydrogen) atoms. The summed E-state index contributed by atoms with van der Waals surface area (Å²) in [6.45, 7) is 3.40. The van der Waals surface area contributed by atoms with Crippen molar-refractivity contribution in [2.45, 2.75) is 37.9 Å². The van der Waals surface area contributed by atoms with Crippen molar-refractivity contribution >= 4 is 5.82 Å². The number of rotatable bonds is 1. The van der Waals surface area contributed by atoms with E-state index in [0.29, 0.717) is 0 Å². The number of hydrogen-bond donors (Lipinski definition) is 0. The first kappa shape index (κ1) is 11.6. The zero-order valence-electron chi connectivity index (χ0n) is 11.1. The molecule has 0 atom stereocenters. The van der Waals surface area contributed by atoms with Crippen LogP contribution in [-0.2, 0) is 22.3 Å². The van der Waals surface area contributed by atoms with Gasteiger partial charge >= 0.3 is 0 Å². The molecule has 1 spiro atoms. The van der Waals surface area contributed by atoms with Crippen LogP contribution in [0.3, 0.4) is 0 Å². The van der Waals surface area contributed by atoms with Crippen molar-refractivity contribution in [2.75, 3.05) is 31.2 Å². The molecule has 5 heteroatoms. The highest BCUT2D eigenvalue weighted by molar-refractivity contribution is 5.50. The molecule has 0 N–H and O–H groups in total. The zero-order chi connectivity index (χ0) is 12.7. The van der Waals surface area contributed by atoms with Crippen LogP contribution in [0.15, 0.2) is 6.33 Å². The molecule has 1 aromatic rings. The van der Waals surface area contributed by atoms with Crippen LogP contribution in [0.5, 0.6) is 0 Å². The first-order valence-electron chi connectivity index (χ1n) is 7.22. The van der Waals surface area contributed by atoms with Gasteiger partial charge in [-0.3, -0.25) is 0 Å². The molecule has 2 saturated heterocycles. The highest BCUT2D eigenvalue weighted by Gasteiger charge is 2.40. The van der Waals surface area contributed by atoms with Gasteiger partial charge in [0.2, 0.25) is 0 Å². The molecule has 0 saturated carbocycles. The number of aryl methyl sites for hydroxylation is 1. The summed E-state index contributed by atoms with van der Waals surface area (Å²) >= 11 is 0. The van der Waals surface area contributed by atoms with Crippen molar-refractivity contribution in [3.8, 4) is 0 Å². The molecule has 0 radical (unpaired) electrons. The maximum absolute atomic E-state index is 5.78. The summed E-state index contributed by atoms with van der Waals surface area (Å²) in [5.74, 6) is 0.850. The smallest absolute Gasteiger partial charge is 0.171 e. The number of nitrogens with zero attached hydrogens (tertiary/aromatic N) is 3. The molecular weight excluding hydrogens is 242 g/mol. The molecule has 5 nitrogen and oxygen atoms in total. The maximum atomic E-state index is 5.78. The summed E-state index contributed by atoms with van der Waals surface area (Å²) < 4.78 is 11.6. The second kappa shape index (κ2) is 4.42. The third-order valence-corrected chi connectivity index (χ3v) is 4.49. The lowest BCUT2D eigenvalue weighted by molar-refractivity contribution is -0.169. The second-order valence-corrected chi connectivity index (χ2v) is 5.57. The minimum absolute atomic E-state index is 0.299. The van der Waals surface area contributed by atoms with E-state index < -0.39 is 0 Å². The van der Waals surface area contributed by atoms with Crippen LogP contribution in [0.4, 0.5) is 5.82 Å². The summed E-state index contributed by atoms with van der Waals surface area (Å²) in [5, 5.41) is 0. The molecule has 0 unspecified atom stereocenters. The van der Waals surface area contributed by atoms with Crippen molar-refractivity contribution in [3.63, 3.8) is 0 Å². The van der Waals surface area contributed by atoms with E-state index in [-0.39, 0.29) is 5.79 Å². The number of aromatic nitrogens is 2. The first-order valence-corrected chi connectivity index (χ1v) is 7.22. The Morgan fingerprint density at radius 1 is 1.05 bits per heavy atom. The Bertz CT molecular complexity index is 476. The number of piperidine rings is 1. The Kier molecular flexibility index (Phi) is 2.70. The molecule has 102 valence electrons. The van der Waals surface area contributed by atoms with Gasteiger partial charge in [0.15, 0.2) is 5.79 Å². The number of ether oxygens (including phenoxy) is 2. The quantitative estimate of drug-likeness (QED) is 0.763. The van der Waals surface area contributed by atoms with E-state index in [9.17, 15) is 0 Å². The molecule has 0 bridgehead atoms. The van der Waals surface area contributed by atoms with Crippen molar-refractivity contribution in [1.29, 1.82) is 0 Å². The van der Waals surface area contributed by atoms with Crippen molar-refractivity contribution in [3.05, 3.63) is 17.6 Å². The van der Waals surface area contributed by atoms with Crippen LogP contribution < -0.4 is 4.90 Å². The van der Waals surface area contributed by atoms with Gasteiger partial charge in [0.05, 0.1) is 13.2 Å². The van der Waals surface area contributed by atoms with Gasteiger partial charge in [0.25, 0.3) is 0 Å². The molecule has 2 fully saturated rings. The Balaban J connectivity index is 1.54. The van der Waals surface area contributed by atoms with E-state index in [0.717, 1.165) is 57.8 Å². The average Bonchev–Trinajstić information content (AvgIpc) is 3.09. The Labute approximate surface area is 112 Å². The zero-order valence-corrected chi connectivity index (χ0v) is 11.1. The van der Waals surface area contributed by atoms with E-state index in [1.54, 1.807) is 6.33 Å². The van der Waals surface area contributed by atoms with E-state index in [1.807, 2.05) is 0 Å². The summed E-state index contributed by atoms with van der Waals surface area (Å²) in [6.07, 6.45) is 7.03. The largest absolute Gasteiger partial charge is 0.356 e. The summed E-state index contributed by atoms with van der Waals surface area (Å²) in [4.78, 5) is 11.3. The van der Waals surface area contributed by atoms with Crippen LogP contribution >= 0.6 is 0 Å². The summed E-state index contributed by atoms with van der Waals surface area (Å²) in [5.41, 5.74) is 2.62. The van der Waals surface area contributed by atoms with Crippen molar-refractivity contribution < 1.29 is 9.47 Å². The van der Waals surface area contributed by atoms with Gasteiger partial charge in [-0.05, 0) is 19.3 Å². The highest BCUT2D eigenvalue weighted by atomic mass is 16.7. The Hall–Kier alpha value is -1.20. The molecule has 1 aliphatic carbocycles. The molecule has 0 aromatic carbocycles. The molecule has 1 aromatic heterocycles. The van der Waals surface area contributed by atoms with Gasteiger partial charge in [-0.25, -0.2) is 9.97 Å². The molecule has 3 heterocycles. The molecule has 4 rings (SSSR count). The lowest BCUT2D eigenvalue weighted by atomic mass is 10.0. The Morgan fingerprint density at radius 3 is 2.63 bits per heavy atom. The molecule has 0 amide bonds. The third-order valence-electron chi connectivity index (χ3n) is 4.49. The summed E-state index contributed by atoms with van der Waals surface area (Å²) in [6, 6.07) is 0. The predicted molar refractivity (Wildman–Crippen MR) is 70.1 cm³/mol. The van der Waals surface area contributed by atoms with Crippen LogP contribution in [0.25, 0.3) is 0 Å². The highest BCUT2D eigenvalue weighted by Crippen LogP contribution is 2.35. The topological polar surface area (TPSA) is 47.5 Å². The van der Waals surface area contributed by atoms with Crippen LogP contribution in [0, 0.1) is 0 Å². The van der Waals surface area contributed by atoms with E-state index in [2.05, 4.69) is 14.9 Å². The second-order valence-electron chi connectivity index (χ2n) is 5.57. The monoisotopic (exact) mass is 261 g/mol. The SMILES string of the molecule is c1nc2c(c(N3CCC4(CC3)OCCO4)n1)CCC2. The van der Waals surface area contributed by atoms with Gasteiger partial charge < -0.3 is 14.4 Å². The first-order chi connectivity index (χ1) is 9.36. The van der Waals surface area contributed by atoms with Gasteiger partial charge in [-0.15, -0.1) is 0 Å². The maximum Gasteiger partial charge on any atom is 0.171 e. The lowest BCUT2D eigenvalue weighted by Gasteiger charge is -2.38. The van der Waals surface area contributed by atoms with E-state index in [4.69, 9.17) is 9.47 Å². The van der Waals surface area contributed by atoms with E-state index in [1.165, 1.54) is 17.7 Å². The minimum Gasteiger partial charge on any atom is -0.356 e. The Morgan fingerprint density at radius 2 is 1.84 bits per heavy atom. The van der Waals surface area contributed by atoms with Crippen LogP contribution in [0.1, 0.15) is 30.5 Å². The average molecular weight is 261 g/mol. The molecular formula is C14H19N3O2. The van der Waals surface area contributed by atoms with Gasteiger partial charge in [-0.2, -0.15) is 0 Å². The van der Waals surface area contributed by atoms with Gasteiger partial charge in [0.1, 0.15) is 12.1 Å². The minimum atomic E-state index is -0.299. The van der Waals surface area contributed by atoms with Crippen molar-refractivity contribution in [2.24, 2.45) is 0 Å². The fourth-order valence-electron chi connectivity index (χ4n) is 3.46. The summed E-state index contributed by atoms with van der Waals surface area (Å²) in [7, 11) is 0.